The number of hydrogen-bond acceptors (Lipinski definition) is 7. The predicted octanol–water partition coefficient (Wildman–Crippen LogP) is 2.58. The third kappa shape index (κ3) is 3.76. The molecule has 10 heteroatoms. The van der Waals surface area contributed by atoms with Crippen LogP contribution in [0.5, 0.6) is 0 Å². The van der Waals surface area contributed by atoms with Gasteiger partial charge in [-0.2, -0.15) is 0 Å². The number of carbonyl (C=O) groups excluding carboxylic acids is 2. The molecule has 1 fully saturated rings. The van der Waals surface area contributed by atoms with Gasteiger partial charge in [-0.1, -0.05) is 17.3 Å². The lowest BCUT2D eigenvalue weighted by atomic mass is 9.97. The summed E-state index contributed by atoms with van der Waals surface area (Å²) in [5.41, 5.74) is 4.02. The number of nitrogens with one attached hydrogen (secondary N) is 1. The Labute approximate surface area is 188 Å². The molecule has 0 spiro atoms. The minimum atomic E-state index is -0.588. The van der Waals surface area contributed by atoms with E-state index >= 15 is 0 Å². The third-order valence-electron chi connectivity index (χ3n) is 6.16. The first kappa shape index (κ1) is 21.2. The second kappa shape index (κ2) is 8.36. The largest absolute Gasteiger partial charge is 0.453 e. The molecule has 33 heavy (non-hydrogen) atoms. The quantitative estimate of drug-likeness (QED) is 0.717. The van der Waals surface area contributed by atoms with Crippen molar-refractivity contribution in [2.75, 3.05) is 25.2 Å². The molecule has 2 aromatic rings. The number of halogens is 1. The van der Waals surface area contributed by atoms with Crippen molar-refractivity contribution in [3.63, 3.8) is 0 Å². The van der Waals surface area contributed by atoms with E-state index in [1.807, 2.05) is 24.3 Å². The monoisotopic (exact) mass is 455 g/mol. The Hall–Kier alpha value is -3.66. The van der Waals surface area contributed by atoms with Crippen LogP contribution >= 0.6 is 0 Å². The number of benzene rings is 2. The van der Waals surface area contributed by atoms with Crippen LogP contribution in [0.1, 0.15) is 17.5 Å². The van der Waals surface area contributed by atoms with Crippen LogP contribution in [0.25, 0.3) is 11.1 Å². The summed E-state index contributed by atoms with van der Waals surface area (Å²) in [5.74, 6) is -0.424. The molecule has 3 aliphatic rings. The highest BCUT2D eigenvalue weighted by atomic mass is 19.1. The molecule has 0 bridgehead atoms. The van der Waals surface area contributed by atoms with Crippen LogP contribution in [0.3, 0.4) is 0 Å². The molecule has 3 heterocycles. The Morgan fingerprint density at radius 2 is 2.06 bits per heavy atom. The number of amides is 2. The second-order valence-electron chi connectivity index (χ2n) is 8.13. The summed E-state index contributed by atoms with van der Waals surface area (Å²) in [4.78, 5) is 30.5. The van der Waals surface area contributed by atoms with E-state index < -0.39 is 30.2 Å². The SMILES string of the molecule is COC(=O)NC[C@@H]1OC(=O)N2c3ccc(-c4ccc(C5=NOC(CO)C5)c(F)c4)cc3C[C@@H]12. The van der Waals surface area contributed by atoms with Crippen molar-refractivity contribution < 1.29 is 33.4 Å². The minimum Gasteiger partial charge on any atom is -0.453 e. The lowest BCUT2D eigenvalue weighted by Crippen LogP contribution is -2.40. The molecule has 1 unspecified atom stereocenters. The normalized spacial score (nSPS) is 22.9. The van der Waals surface area contributed by atoms with Gasteiger partial charge in [0.2, 0.25) is 0 Å². The summed E-state index contributed by atoms with van der Waals surface area (Å²) in [7, 11) is 1.27. The van der Waals surface area contributed by atoms with Crippen LogP contribution in [0.15, 0.2) is 41.6 Å². The molecule has 0 saturated carbocycles. The van der Waals surface area contributed by atoms with Crippen LogP contribution in [-0.4, -0.2) is 61.5 Å². The fraction of sp³-hybridized carbons (Fsp3) is 0.348. The molecule has 172 valence electrons. The average Bonchev–Trinajstić information content (AvgIpc) is 3.52. The van der Waals surface area contributed by atoms with E-state index in [9.17, 15) is 19.1 Å². The molecule has 3 atom stereocenters. The topological polar surface area (TPSA) is 110 Å². The van der Waals surface area contributed by atoms with Gasteiger partial charge in [-0.05, 0) is 47.4 Å². The number of hydrogen-bond donors (Lipinski definition) is 2. The van der Waals surface area contributed by atoms with Crippen molar-refractivity contribution in [2.45, 2.75) is 31.1 Å². The maximum Gasteiger partial charge on any atom is 0.415 e. The second-order valence-corrected chi connectivity index (χ2v) is 8.13. The fourth-order valence-electron chi connectivity index (χ4n) is 4.50. The minimum absolute atomic E-state index is 0.151. The molecule has 5 rings (SSSR count). The molecule has 9 nitrogen and oxygen atoms in total. The molecule has 2 aromatic carbocycles. The summed E-state index contributed by atoms with van der Waals surface area (Å²) in [6.45, 7) is -0.0230. The number of ether oxygens (including phenoxy) is 2. The van der Waals surface area contributed by atoms with E-state index in [4.69, 9.17) is 9.57 Å². The van der Waals surface area contributed by atoms with E-state index in [1.54, 1.807) is 11.0 Å². The molecular formula is C23H22FN3O6. The zero-order valence-corrected chi connectivity index (χ0v) is 17.8. The Morgan fingerprint density at radius 3 is 2.79 bits per heavy atom. The van der Waals surface area contributed by atoms with Crippen LogP contribution < -0.4 is 10.2 Å². The summed E-state index contributed by atoms with van der Waals surface area (Å²) in [6.07, 6.45) is -1.08. The van der Waals surface area contributed by atoms with Gasteiger partial charge in [0.25, 0.3) is 0 Å². The van der Waals surface area contributed by atoms with E-state index in [2.05, 4.69) is 15.2 Å². The number of aliphatic hydroxyl groups is 1. The molecule has 1 saturated heterocycles. The number of methoxy groups -OCH3 is 1. The number of cyclic esters (lactones) is 1. The van der Waals surface area contributed by atoms with Gasteiger partial charge in [0.05, 0.1) is 37.7 Å². The van der Waals surface area contributed by atoms with Crippen molar-refractivity contribution >= 4 is 23.6 Å². The molecule has 2 amide bonds. The van der Waals surface area contributed by atoms with Crippen molar-refractivity contribution in [1.82, 2.24) is 5.32 Å². The van der Waals surface area contributed by atoms with E-state index in [1.165, 1.54) is 13.2 Å². The molecular weight excluding hydrogens is 433 g/mol. The zero-order chi connectivity index (χ0) is 23.1. The number of aliphatic hydroxyl groups excluding tert-OH is 1. The highest BCUT2D eigenvalue weighted by molar-refractivity contribution is 6.02. The van der Waals surface area contributed by atoms with Gasteiger partial charge >= 0.3 is 12.2 Å². The highest BCUT2D eigenvalue weighted by Gasteiger charge is 2.47. The summed E-state index contributed by atoms with van der Waals surface area (Å²) < 4.78 is 24.8. The van der Waals surface area contributed by atoms with Crippen LogP contribution in [0.2, 0.25) is 0 Å². The Bertz CT molecular complexity index is 1150. The van der Waals surface area contributed by atoms with E-state index in [0.717, 1.165) is 16.8 Å². The predicted molar refractivity (Wildman–Crippen MR) is 116 cm³/mol. The Balaban J connectivity index is 1.36. The van der Waals surface area contributed by atoms with Crippen LogP contribution in [0.4, 0.5) is 19.7 Å². The lowest BCUT2D eigenvalue weighted by molar-refractivity contribution is 0.0390. The molecule has 2 N–H and O–H groups in total. The van der Waals surface area contributed by atoms with Gasteiger partial charge in [0, 0.05) is 12.0 Å². The smallest absolute Gasteiger partial charge is 0.415 e. The highest BCUT2D eigenvalue weighted by Crippen LogP contribution is 2.40. The maximum absolute atomic E-state index is 14.8. The van der Waals surface area contributed by atoms with Crippen LogP contribution in [-0.2, 0) is 20.7 Å². The molecule has 3 aliphatic heterocycles. The fourth-order valence-corrected chi connectivity index (χ4v) is 4.50. The van der Waals surface area contributed by atoms with Crippen molar-refractivity contribution in [1.29, 1.82) is 0 Å². The number of nitrogens with zero attached hydrogens (tertiary/aromatic N) is 2. The summed E-state index contributed by atoms with van der Waals surface area (Å²) >= 11 is 0. The molecule has 0 aliphatic carbocycles. The van der Waals surface area contributed by atoms with E-state index in [-0.39, 0.29) is 19.2 Å². The maximum atomic E-state index is 14.8. The van der Waals surface area contributed by atoms with Gasteiger partial charge in [-0.15, -0.1) is 0 Å². The third-order valence-corrected chi connectivity index (χ3v) is 6.16. The molecule has 0 aromatic heterocycles. The van der Waals surface area contributed by atoms with Gasteiger partial charge in [0.1, 0.15) is 11.9 Å². The first-order valence-corrected chi connectivity index (χ1v) is 10.6. The number of alkyl carbamates (subject to hydrolysis) is 1. The summed E-state index contributed by atoms with van der Waals surface area (Å²) in [5, 5.41) is 15.6. The Kier molecular flexibility index (Phi) is 5.37. The lowest BCUT2D eigenvalue weighted by Gasteiger charge is -2.16. The van der Waals surface area contributed by atoms with Crippen molar-refractivity contribution in [3.8, 4) is 11.1 Å². The number of anilines is 1. The van der Waals surface area contributed by atoms with Crippen LogP contribution in [0, 0.1) is 5.82 Å². The number of rotatable bonds is 5. The number of fused-ring (bicyclic) bond motifs is 3. The van der Waals surface area contributed by atoms with Gasteiger partial charge in [0.15, 0.2) is 6.10 Å². The average molecular weight is 455 g/mol. The van der Waals surface area contributed by atoms with Crippen molar-refractivity contribution in [3.05, 3.63) is 53.3 Å². The van der Waals surface area contributed by atoms with Gasteiger partial charge in [-0.25, -0.2) is 14.0 Å². The zero-order valence-electron chi connectivity index (χ0n) is 17.8. The Morgan fingerprint density at radius 1 is 1.27 bits per heavy atom. The molecule has 0 radical (unpaired) electrons. The van der Waals surface area contributed by atoms with E-state index in [0.29, 0.717) is 29.7 Å². The first-order chi connectivity index (χ1) is 16.0. The standard InChI is InChI=1S/C23H22FN3O6/c1-31-22(29)25-10-21-20-8-14-6-12(3-5-19(14)27(20)23(30)32-21)13-2-4-16(17(24)7-13)18-9-15(11-28)33-26-18/h2-7,15,20-21,28H,8-11H2,1H3,(H,25,29)/t15?,20-,21-/m0/s1. The van der Waals surface area contributed by atoms with Gasteiger partial charge < -0.3 is 24.7 Å². The number of oxime groups is 1. The first-order valence-electron chi connectivity index (χ1n) is 10.6. The number of carbonyl (C=O) groups is 2. The van der Waals surface area contributed by atoms with Crippen molar-refractivity contribution in [2.24, 2.45) is 5.16 Å². The summed E-state index contributed by atoms with van der Waals surface area (Å²) in [6, 6.07) is 10.3. The van der Waals surface area contributed by atoms with Gasteiger partial charge in [-0.3, -0.25) is 4.90 Å².